The second-order valence-corrected chi connectivity index (χ2v) is 23.1. The van der Waals surface area contributed by atoms with Crippen LogP contribution in [0.15, 0.2) is 47.6 Å². The maximum Gasteiger partial charge on any atom is 0.329 e. The van der Waals surface area contributed by atoms with Gasteiger partial charge in [-0.3, -0.25) is 28.8 Å². The average Bonchev–Trinajstić information content (AvgIpc) is 3.66. The molecule has 2 bridgehead atoms. The van der Waals surface area contributed by atoms with Crippen LogP contribution < -0.4 is 10.6 Å². The van der Waals surface area contributed by atoms with Gasteiger partial charge < -0.3 is 63.6 Å². The van der Waals surface area contributed by atoms with Gasteiger partial charge in [0.2, 0.25) is 17.6 Å². The number of Topliss-reactive ketones (excluding diaryl/α,β-unsaturated/α-hetero) is 3. The third kappa shape index (κ3) is 21.5. The van der Waals surface area contributed by atoms with Crippen molar-refractivity contribution >= 4 is 41.0 Å². The lowest BCUT2D eigenvalue weighted by atomic mass is 9.78. The topological polar surface area (TPSA) is 261 Å². The van der Waals surface area contributed by atoms with E-state index in [4.69, 9.17) is 37.9 Å². The van der Waals surface area contributed by atoms with E-state index in [-0.39, 0.29) is 86.4 Å². The van der Waals surface area contributed by atoms with Crippen LogP contribution in [0, 0.1) is 35.5 Å². The number of aliphatic hydroxyl groups is 2. The van der Waals surface area contributed by atoms with Crippen LogP contribution in [0.4, 0.5) is 0 Å². The van der Waals surface area contributed by atoms with Crippen LogP contribution in [0.25, 0.3) is 0 Å². The predicted molar refractivity (Wildman–Crippen MR) is 307 cm³/mol. The first-order valence-corrected chi connectivity index (χ1v) is 29.9. The maximum atomic E-state index is 14.6. The van der Waals surface area contributed by atoms with Gasteiger partial charge in [-0.2, -0.15) is 0 Å². The Balaban J connectivity index is 1.55. The number of hydrogen-bond donors (Lipinski definition) is 4. The number of cyclic esters (lactones) is 1. The molecular weight excluding hydrogens is 1060 g/mol. The number of carbonyl (C=O) groups is 7. The monoisotopic (exact) mass is 1160 g/mol. The highest BCUT2D eigenvalue weighted by molar-refractivity contribution is 6.39. The van der Waals surface area contributed by atoms with Gasteiger partial charge in [-0.05, 0) is 114 Å². The fraction of sp³-hybridized carbons (Fsp3) is 0.758. The summed E-state index contributed by atoms with van der Waals surface area (Å²) in [5, 5.41) is 29.1. The number of aliphatic hydroxyl groups excluding tert-OH is 1. The van der Waals surface area contributed by atoms with Crippen molar-refractivity contribution in [3.63, 3.8) is 0 Å². The number of rotatable bonds is 19. The molecule has 2 saturated heterocycles. The Hall–Kier alpha value is -4.51. The lowest BCUT2D eigenvalue weighted by Gasteiger charge is -2.42. The van der Waals surface area contributed by atoms with E-state index in [0.717, 1.165) is 5.57 Å². The molecule has 3 heterocycles. The number of ketones is 3. The fourth-order valence-corrected chi connectivity index (χ4v) is 11.6. The molecule has 82 heavy (non-hydrogen) atoms. The lowest BCUT2D eigenvalue weighted by Crippen LogP contribution is -2.61. The highest BCUT2D eigenvalue weighted by atomic mass is 16.6. The minimum absolute atomic E-state index is 0.00570. The van der Waals surface area contributed by atoms with Gasteiger partial charge >= 0.3 is 5.97 Å². The minimum atomic E-state index is -2.47. The summed E-state index contributed by atoms with van der Waals surface area (Å²) in [7, 11) is 4.53. The van der Waals surface area contributed by atoms with Gasteiger partial charge in [0.15, 0.2) is 5.78 Å². The Morgan fingerprint density at radius 1 is 0.817 bits per heavy atom. The maximum absolute atomic E-state index is 14.6. The van der Waals surface area contributed by atoms with Crippen molar-refractivity contribution in [2.45, 2.75) is 200 Å². The van der Waals surface area contributed by atoms with Crippen molar-refractivity contribution in [3.8, 4) is 0 Å². The fourth-order valence-electron chi connectivity index (χ4n) is 11.6. The molecule has 20 nitrogen and oxygen atoms in total. The molecule has 464 valence electrons. The van der Waals surface area contributed by atoms with Crippen LogP contribution in [0.3, 0.4) is 0 Å². The molecule has 20 heteroatoms. The van der Waals surface area contributed by atoms with Gasteiger partial charge in [0.1, 0.15) is 36.9 Å². The number of hydrogen-bond acceptors (Lipinski definition) is 17. The van der Waals surface area contributed by atoms with Crippen molar-refractivity contribution in [2.24, 2.45) is 35.5 Å². The molecule has 4 aliphatic rings. The molecule has 3 amide bonds. The molecule has 0 aromatic carbocycles. The molecule has 4 rings (SSSR count). The molecule has 0 aromatic rings. The summed E-state index contributed by atoms with van der Waals surface area (Å²) < 4.78 is 46.6. The first kappa shape index (κ1) is 70.0. The zero-order valence-corrected chi connectivity index (χ0v) is 50.9. The molecular formula is C62H99N3O17. The highest BCUT2D eigenvalue weighted by Crippen LogP contribution is 2.38. The summed E-state index contributed by atoms with van der Waals surface area (Å²) in [5.41, 5.74) is 1.23. The zero-order valence-electron chi connectivity index (χ0n) is 50.9. The summed E-state index contributed by atoms with van der Waals surface area (Å²) in [5.74, 6) is -9.03. The van der Waals surface area contributed by atoms with Gasteiger partial charge in [-0.1, -0.05) is 71.1 Å². The Morgan fingerprint density at radius 3 is 2.23 bits per heavy atom. The number of amides is 3. The largest absolute Gasteiger partial charge is 0.460 e. The smallest absolute Gasteiger partial charge is 0.329 e. The summed E-state index contributed by atoms with van der Waals surface area (Å²) in [4.78, 5) is 97.7. The number of methoxy groups -OCH3 is 3. The van der Waals surface area contributed by atoms with Gasteiger partial charge in [0.25, 0.3) is 11.7 Å². The van der Waals surface area contributed by atoms with E-state index in [9.17, 15) is 43.8 Å². The summed E-state index contributed by atoms with van der Waals surface area (Å²) in [6, 6.07) is -1.19. The third-order valence-electron chi connectivity index (χ3n) is 16.7. The Kier molecular flexibility index (Phi) is 30.5. The summed E-state index contributed by atoms with van der Waals surface area (Å²) in [6.07, 6.45) is 10.8. The van der Waals surface area contributed by atoms with E-state index in [2.05, 4.69) is 10.6 Å². The molecule has 3 fully saturated rings. The Bertz CT molecular complexity index is 2200. The van der Waals surface area contributed by atoms with Crippen molar-refractivity contribution < 1.29 is 81.7 Å². The van der Waals surface area contributed by atoms with Crippen LogP contribution in [0.2, 0.25) is 0 Å². The standard InChI is InChI=1S/C62H99N3O17/c1-12-78-30-31-79-29-27-63-54(67)25-26-55(68)64-38-80-50-24-22-46(35-53(50)76-10)34-42(5)52-37-49(66)41(4)33-44(7)57(70)58(77-11)56(69)43(6)32-39(2)18-14-13-15-19-40(3)51(75-9)36-47-23-21-45(8)62(74,82-47)59(71)60(72)65-28-17-16-20-48(65)61(73)81-52/h13-15,18-19,33,39,41-43,45-48,50-53,57-58,70,74H,12,16-17,20-32,34-38H2,1-11H3,(H,63,67)(H,64,68)/b15-13+,18-14+,40-19+,44-33+/t39-,41-,42-,43-,45-,46+,47+,48+,50-,51+,52+,53-,57-,58+,62-/m0/s1. The van der Waals surface area contributed by atoms with Crippen LogP contribution in [0.1, 0.15) is 145 Å². The van der Waals surface area contributed by atoms with Crippen LogP contribution in [-0.2, 0) is 71.5 Å². The number of carbonyl (C=O) groups excluding carboxylic acids is 7. The molecule has 1 saturated carbocycles. The second-order valence-electron chi connectivity index (χ2n) is 23.1. The first-order valence-electron chi connectivity index (χ1n) is 29.9. The van der Waals surface area contributed by atoms with E-state index in [1.165, 1.54) is 12.0 Å². The lowest BCUT2D eigenvalue weighted by molar-refractivity contribution is -0.265. The minimum Gasteiger partial charge on any atom is -0.460 e. The third-order valence-corrected chi connectivity index (χ3v) is 16.7. The molecule has 0 spiro atoms. The second kappa shape index (κ2) is 35.7. The first-order chi connectivity index (χ1) is 39.1. The SMILES string of the molecule is CCOCCOCCNC(=O)CCC(=O)NCO[C@H]1CC[C@H](C[C@H](C)[C@H]2CC(=O)[C@@H](C)/C=C(\C)[C@H](O)[C@H](OC)C(=O)[C@@H](C)C[C@@H](C)/C=C/C=C/C=C(\C)[C@H](OC)C[C@H]3CC[C@H](C)[C@](O)(O3)C(=O)C(=O)N3CCCC[C@@H]3C(=O)O2)C[C@@H]1OC. The van der Waals surface area contributed by atoms with Gasteiger partial charge in [0, 0.05) is 84.5 Å². The van der Waals surface area contributed by atoms with Crippen LogP contribution >= 0.6 is 0 Å². The molecule has 15 atom stereocenters. The molecule has 0 radical (unpaired) electrons. The van der Waals surface area contributed by atoms with Crippen molar-refractivity contribution in [1.82, 2.24) is 15.5 Å². The van der Waals surface area contributed by atoms with E-state index in [0.29, 0.717) is 103 Å². The van der Waals surface area contributed by atoms with Gasteiger partial charge in [-0.15, -0.1) is 0 Å². The number of piperidine rings is 1. The van der Waals surface area contributed by atoms with E-state index >= 15 is 0 Å². The number of nitrogens with one attached hydrogen (secondary N) is 2. The van der Waals surface area contributed by atoms with E-state index in [1.807, 2.05) is 58.1 Å². The summed E-state index contributed by atoms with van der Waals surface area (Å²) >= 11 is 0. The number of allylic oxidation sites excluding steroid dienone is 6. The number of nitrogens with zero attached hydrogens (tertiary/aromatic N) is 1. The Labute approximate surface area is 487 Å². The van der Waals surface area contributed by atoms with E-state index < -0.39 is 83.7 Å². The number of fused-ring (bicyclic) bond motifs is 3. The molecule has 0 aromatic heterocycles. The molecule has 3 aliphatic heterocycles. The number of ether oxygens (including phenoxy) is 8. The van der Waals surface area contributed by atoms with Crippen LogP contribution in [0.5, 0.6) is 0 Å². The zero-order chi connectivity index (χ0) is 60.5. The van der Waals surface area contributed by atoms with Gasteiger partial charge in [0.05, 0.1) is 44.2 Å². The van der Waals surface area contributed by atoms with Crippen molar-refractivity contribution in [2.75, 3.05) is 67.6 Å². The van der Waals surface area contributed by atoms with Crippen molar-refractivity contribution in [3.05, 3.63) is 47.6 Å². The molecule has 4 N–H and O–H groups in total. The predicted octanol–water partition coefficient (Wildman–Crippen LogP) is 6.23. The highest BCUT2D eigenvalue weighted by Gasteiger charge is 2.53. The number of esters is 1. The normalized spacial score (nSPS) is 34.3. The Morgan fingerprint density at radius 2 is 1.54 bits per heavy atom. The summed E-state index contributed by atoms with van der Waals surface area (Å²) in [6.45, 7) is 16.6. The quantitative estimate of drug-likeness (QED) is 0.0367. The average molecular weight is 1160 g/mol. The van der Waals surface area contributed by atoms with Crippen LogP contribution in [-0.4, -0.2) is 178 Å². The molecule has 1 aliphatic carbocycles. The van der Waals surface area contributed by atoms with Crippen molar-refractivity contribution in [1.29, 1.82) is 0 Å². The van der Waals surface area contributed by atoms with Gasteiger partial charge in [-0.25, -0.2) is 4.79 Å². The van der Waals surface area contributed by atoms with E-state index in [1.54, 1.807) is 48.0 Å². The molecule has 0 unspecified atom stereocenters.